The third kappa shape index (κ3) is 3.47. The van der Waals surface area contributed by atoms with Gasteiger partial charge in [0.1, 0.15) is 0 Å². The fourth-order valence-electron chi connectivity index (χ4n) is 3.25. The van der Waals surface area contributed by atoms with Crippen molar-refractivity contribution in [3.8, 4) is 17.2 Å². The van der Waals surface area contributed by atoms with E-state index in [1.54, 1.807) is 28.9 Å². The Morgan fingerprint density at radius 1 is 1.03 bits per heavy atom. The van der Waals surface area contributed by atoms with Crippen LogP contribution in [-0.2, 0) is 4.74 Å². The van der Waals surface area contributed by atoms with Crippen LogP contribution in [0.5, 0.6) is 11.5 Å². The average Bonchev–Trinajstić information content (AvgIpc) is 3.33. The number of Topliss-reactive ketones (excluding diaryl/α,β-unsaturated/α-hetero) is 1. The van der Waals surface area contributed by atoms with E-state index in [1.165, 1.54) is 0 Å². The summed E-state index contributed by atoms with van der Waals surface area (Å²) in [6, 6.07) is 16.1. The van der Waals surface area contributed by atoms with E-state index in [1.807, 2.05) is 30.3 Å². The highest BCUT2D eigenvalue weighted by Gasteiger charge is 2.29. The number of esters is 1. The highest BCUT2D eigenvalue weighted by molar-refractivity contribution is 5.99. The molecule has 5 rings (SSSR count). The summed E-state index contributed by atoms with van der Waals surface area (Å²) in [6.07, 6.45) is 2.14. The van der Waals surface area contributed by atoms with Crippen LogP contribution in [0.15, 0.2) is 54.6 Å². The Bertz CT molecular complexity index is 1090. The van der Waals surface area contributed by atoms with Crippen LogP contribution >= 0.6 is 0 Å². The number of aromatic nitrogens is 2. The van der Waals surface area contributed by atoms with Gasteiger partial charge in [0, 0.05) is 11.5 Å². The molecule has 3 aromatic rings. The molecule has 2 heterocycles. The molecule has 1 fully saturated rings. The number of benzene rings is 2. The number of fused-ring (bicyclic) bond motifs is 1. The maximum Gasteiger partial charge on any atom is 0.357 e. The summed E-state index contributed by atoms with van der Waals surface area (Å²) in [6.45, 7) is -0.230. The van der Waals surface area contributed by atoms with Gasteiger partial charge in [0.15, 0.2) is 29.6 Å². The van der Waals surface area contributed by atoms with Crippen LogP contribution in [0.1, 0.15) is 45.3 Å². The smallest absolute Gasteiger partial charge is 0.357 e. The summed E-state index contributed by atoms with van der Waals surface area (Å²) in [5.74, 6) is 0.602. The van der Waals surface area contributed by atoms with Gasteiger partial charge in [-0.25, -0.2) is 9.48 Å². The van der Waals surface area contributed by atoms with Gasteiger partial charge in [0.25, 0.3) is 0 Å². The summed E-state index contributed by atoms with van der Waals surface area (Å²) >= 11 is 0. The van der Waals surface area contributed by atoms with Crippen molar-refractivity contribution < 1.29 is 23.8 Å². The Labute approximate surface area is 166 Å². The lowest BCUT2D eigenvalue weighted by molar-refractivity contribution is 0.0465. The normalized spacial score (nSPS) is 14.6. The van der Waals surface area contributed by atoms with E-state index in [4.69, 9.17) is 14.2 Å². The Hall–Kier alpha value is -3.61. The molecule has 2 aromatic carbocycles. The van der Waals surface area contributed by atoms with Crippen molar-refractivity contribution in [1.82, 2.24) is 9.78 Å². The zero-order valence-corrected chi connectivity index (χ0v) is 15.5. The third-order valence-electron chi connectivity index (χ3n) is 4.96. The van der Waals surface area contributed by atoms with E-state index in [0.717, 1.165) is 24.2 Å². The molecule has 0 N–H and O–H groups in total. The molecule has 2 aliphatic rings. The van der Waals surface area contributed by atoms with Crippen molar-refractivity contribution in [1.29, 1.82) is 0 Å². The van der Waals surface area contributed by atoms with E-state index in [-0.39, 0.29) is 19.2 Å². The number of hydrogen-bond donors (Lipinski definition) is 0. The minimum absolute atomic E-state index is 0.134. The predicted molar refractivity (Wildman–Crippen MR) is 103 cm³/mol. The Kier molecular flexibility index (Phi) is 4.27. The molecular formula is C22H18N2O5. The topological polar surface area (TPSA) is 79.7 Å². The molecule has 0 bridgehead atoms. The molecule has 1 aliphatic heterocycles. The van der Waals surface area contributed by atoms with Gasteiger partial charge in [-0.15, -0.1) is 0 Å². The first-order valence-electron chi connectivity index (χ1n) is 9.44. The van der Waals surface area contributed by atoms with Gasteiger partial charge in [-0.2, -0.15) is 5.10 Å². The van der Waals surface area contributed by atoms with E-state index >= 15 is 0 Å². The number of ketones is 1. The number of ether oxygens (including phenoxy) is 3. The van der Waals surface area contributed by atoms with E-state index in [2.05, 4.69) is 5.10 Å². The van der Waals surface area contributed by atoms with Crippen LogP contribution < -0.4 is 9.47 Å². The second kappa shape index (κ2) is 7.09. The second-order valence-corrected chi connectivity index (χ2v) is 7.04. The van der Waals surface area contributed by atoms with Crippen molar-refractivity contribution in [3.63, 3.8) is 0 Å². The number of para-hydroxylation sites is 1. The molecule has 7 nitrogen and oxygen atoms in total. The van der Waals surface area contributed by atoms with Crippen LogP contribution in [0.25, 0.3) is 5.69 Å². The largest absolute Gasteiger partial charge is 0.454 e. The Morgan fingerprint density at radius 3 is 2.62 bits per heavy atom. The Balaban J connectivity index is 1.33. The number of carbonyl (C=O) groups excluding carboxylic acids is 2. The van der Waals surface area contributed by atoms with Crippen LogP contribution in [0, 0.1) is 0 Å². The van der Waals surface area contributed by atoms with Gasteiger partial charge in [-0.05, 0) is 49.2 Å². The van der Waals surface area contributed by atoms with Crippen molar-refractivity contribution in [3.05, 3.63) is 71.5 Å². The van der Waals surface area contributed by atoms with Crippen molar-refractivity contribution >= 4 is 11.8 Å². The van der Waals surface area contributed by atoms with Gasteiger partial charge < -0.3 is 14.2 Å². The summed E-state index contributed by atoms with van der Waals surface area (Å²) in [4.78, 5) is 25.2. The summed E-state index contributed by atoms with van der Waals surface area (Å²) in [5, 5.41) is 4.59. The molecule has 0 unspecified atom stereocenters. The van der Waals surface area contributed by atoms with Gasteiger partial charge in [0.05, 0.1) is 11.4 Å². The third-order valence-corrected chi connectivity index (χ3v) is 4.96. The van der Waals surface area contributed by atoms with E-state index < -0.39 is 5.97 Å². The zero-order valence-electron chi connectivity index (χ0n) is 15.5. The molecule has 146 valence electrons. The van der Waals surface area contributed by atoms with Gasteiger partial charge in [0.2, 0.25) is 6.79 Å². The standard InChI is InChI=1S/C22H18N2O5/c25-19(15-8-9-20-21(10-15)29-13-28-20)12-27-22(26)18-11-17(14-6-7-14)23-24(18)16-4-2-1-3-5-16/h1-5,8-11,14H,6-7,12-13H2. The summed E-state index contributed by atoms with van der Waals surface area (Å²) in [7, 11) is 0. The molecule has 0 atom stereocenters. The summed E-state index contributed by atoms with van der Waals surface area (Å²) in [5.41, 5.74) is 2.37. The van der Waals surface area contributed by atoms with E-state index in [0.29, 0.717) is 28.7 Å². The van der Waals surface area contributed by atoms with E-state index in [9.17, 15) is 9.59 Å². The minimum Gasteiger partial charge on any atom is -0.454 e. The van der Waals surface area contributed by atoms with Crippen molar-refractivity contribution in [2.75, 3.05) is 13.4 Å². The number of rotatable bonds is 6. The summed E-state index contributed by atoms with van der Waals surface area (Å²) < 4.78 is 17.4. The van der Waals surface area contributed by atoms with Crippen LogP contribution in [0.4, 0.5) is 0 Å². The maximum absolute atomic E-state index is 12.7. The highest BCUT2D eigenvalue weighted by Crippen LogP contribution is 2.40. The SMILES string of the molecule is O=C(COC(=O)c1cc(C2CC2)nn1-c1ccccc1)c1ccc2c(c1)OCO2. The molecule has 0 radical (unpaired) electrons. The number of carbonyl (C=O) groups is 2. The zero-order chi connectivity index (χ0) is 19.8. The Morgan fingerprint density at radius 2 is 1.83 bits per heavy atom. The quantitative estimate of drug-likeness (QED) is 0.473. The van der Waals surface area contributed by atoms with Crippen LogP contribution in [-0.4, -0.2) is 34.9 Å². The van der Waals surface area contributed by atoms with Crippen molar-refractivity contribution in [2.45, 2.75) is 18.8 Å². The fraction of sp³-hybridized carbons (Fsp3) is 0.227. The molecule has 0 spiro atoms. The number of nitrogens with zero attached hydrogens (tertiary/aromatic N) is 2. The lowest BCUT2D eigenvalue weighted by Gasteiger charge is -2.08. The molecule has 1 saturated carbocycles. The molecule has 0 saturated heterocycles. The second-order valence-electron chi connectivity index (χ2n) is 7.04. The van der Waals surface area contributed by atoms with Crippen LogP contribution in [0.3, 0.4) is 0 Å². The first-order valence-corrected chi connectivity index (χ1v) is 9.44. The average molecular weight is 390 g/mol. The highest BCUT2D eigenvalue weighted by atomic mass is 16.7. The minimum atomic E-state index is -0.581. The first-order chi connectivity index (χ1) is 14.2. The first kappa shape index (κ1) is 17.5. The lowest BCUT2D eigenvalue weighted by atomic mass is 10.1. The molecule has 1 aliphatic carbocycles. The van der Waals surface area contributed by atoms with Crippen LogP contribution in [0.2, 0.25) is 0 Å². The molecule has 7 heteroatoms. The van der Waals surface area contributed by atoms with Gasteiger partial charge >= 0.3 is 5.97 Å². The fourth-order valence-corrected chi connectivity index (χ4v) is 3.25. The number of hydrogen-bond acceptors (Lipinski definition) is 6. The lowest BCUT2D eigenvalue weighted by Crippen LogP contribution is -2.17. The van der Waals surface area contributed by atoms with Gasteiger partial charge in [-0.1, -0.05) is 18.2 Å². The molecule has 0 amide bonds. The molecular weight excluding hydrogens is 372 g/mol. The predicted octanol–water partition coefficient (Wildman–Crippen LogP) is 3.52. The van der Waals surface area contributed by atoms with Crippen molar-refractivity contribution in [2.24, 2.45) is 0 Å². The molecule has 1 aromatic heterocycles. The maximum atomic E-state index is 12.7. The molecule has 29 heavy (non-hydrogen) atoms. The van der Waals surface area contributed by atoms with Gasteiger partial charge in [-0.3, -0.25) is 4.79 Å². The monoisotopic (exact) mass is 390 g/mol.